The van der Waals surface area contributed by atoms with Crippen molar-refractivity contribution in [3.63, 3.8) is 0 Å². The van der Waals surface area contributed by atoms with Crippen molar-refractivity contribution in [2.45, 2.75) is 6.54 Å². The van der Waals surface area contributed by atoms with Gasteiger partial charge in [0, 0.05) is 5.38 Å². The summed E-state index contributed by atoms with van der Waals surface area (Å²) in [5, 5.41) is 14.5. The number of rotatable bonds is 3. The zero-order valence-corrected chi connectivity index (χ0v) is 8.69. The van der Waals surface area contributed by atoms with Crippen LogP contribution in [0.5, 0.6) is 0 Å². The van der Waals surface area contributed by atoms with Gasteiger partial charge in [-0.2, -0.15) is 4.80 Å². The summed E-state index contributed by atoms with van der Waals surface area (Å²) in [4.78, 5) is 13.0. The van der Waals surface area contributed by atoms with E-state index in [0.29, 0.717) is 5.82 Å². The van der Waals surface area contributed by atoms with Gasteiger partial charge in [-0.1, -0.05) is 0 Å². The van der Waals surface area contributed by atoms with Crippen LogP contribution in [0.15, 0.2) is 12.1 Å². The van der Waals surface area contributed by atoms with Crippen molar-refractivity contribution in [2.75, 3.05) is 7.11 Å². The number of hydrogen-bond acceptors (Lipinski definition) is 6. The van der Waals surface area contributed by atoms with Gasteiger partial charge in [-0.25, -0.2) is 4.79 Å². The number of carbonyl (C=O) groups is 1. The molecule has 0 saturated carbocycles. The zero-order chi connectivity index (χ0) is 10.7. The SMILES string of the molecule is COC(=O)Cn1nnc(-c2cc[c]s2)n1. The van der Waals surface area contributed by atoms with Crippen molar-refractivity contribution < 1.29 is 9.53 Å². The molecule has 0 aliphatic rings. The molecule has 15 heavy (non-hydrogen) atoms. The predicted octanol–water partition coefficient (Wildman–Crippen LogP) is 0.375. The second kappa shape index (κ2) is 4.18. The lowest BCUT2D eigenvalue weighted by Crippen LogP contribution is -2.14. The molecule has 0 unspecified atom stereocenters. The minimum Gasteiger partial charge on any atom is -0.468 e. The van der Waals surface area contributed by atoms with Crippen molar-refractivity contribution in [1.82, 2.24) is 20.2 Å². The maximum absolute atomic E-state index is 10.9. The van der Waals surface area contributed by atoms with Gasteiger partial charge in [-0.3, -0.25) is 0 Å². The van der Waals surface area contributed by atoms with Crippen LogP contribution in [0.3, 0.4) is 0 Å². The largest absolute Gasteiger partial charge is 0.468 e. The fourth-order valence-electron chi connectivity index (χ4n) is 0.950. The molecular formula is C8H7N4O2S. The third kappa shape index (κ3) is 2.18. The first-order valence-corrected chi connectivity index (χ1v) is 4.92. The third-order valence-corrected chi connectivity index (χ3v) is 2.44. The molecule has 0 N–H and O–H groups in total. The fourth-order valence-corrected chi connectivity index (χ4v) is 1.52. The molecule has 1 radical (unpaired) electrons. The van der Waals surface area contributed by atoms with Gasteiger partial charge in [0.25, 0.3) is 0 Å². The highest BCUT2D eigenvalue weighted by atomic mass is 32.1. The van der Waals surface area contributed by atoms with Crippen LogP contribution >= 0.6 is 11.3 Å². The van der Waals surface area contributed by atoms with E-state index in [4.69, 9.17) is 0 Å². The van der Waals surface area contributed by atoms with Gasteiger partial charge in [0.05, 0.1) is 12.0 Å². The molecule has 0 saturated heterocycles. The molecule has 2 rings (SSSR count). The molecule has 0 aromatic carbocycles. The number of tetrazole rings is 1. The Kier molecular flexibility index (Phi) is 2.72. The first kappa shape index (κ1) is 9.78. The van der Waals surface area contributed by atoms with E-state index in [-0.39, 0.29) is 6.54 Å². The topological polar surface area (TPSA) is 69.9 Å². The highest BCUT2D eigenvalue weighted by molar-refractivity contribution is 7.13. The van der Waals surface area contributed by atoms with Crippen molar-refractivity contribution in [2.24, 2.45) is 0 Å². The Morgan fingerprint density at radius 2 is 2.60 bits per heavy atom. The van der Waals surface area contributed by atoms with Gasteiger partial charge < -0.3 is 4.74 Å². The van der Waals surface area contributed by atoms with Gasteiger partial charge in [0.2, 0.25) is 5.82 Å². The Labute approximate surface area is 89.5 Å². The third-order valence-electron chi connectivity index (χ3n) is 1.64. The molecule has 6 nitrogen and oxygen atoms in total. The van der Waals surface area contributed by atoms with Gasteiger partial charge in [0.1, 0.15) is 0 Å². The van der Waals surface area contributed by atoms with E-state index < -0.39 is 5.97 Å². The molecule has 0 spiro atoms. The molecule has 2 aromatic rings. The van der Waals surface area contributed by atoms with Crippen LogP contribution in [-0.2, 0) is 16.1 Å². The van der Waals surface area contributed by atoms with Crippen LogP contribution in [0.2, 0.25) is 0 Å². The Bertz CT molecular complexity index is 451. The van der Waals surface area contributed by atoms with Gasteiger partial charge in [-0.05, 0) is 17.3 Å². The van der Waals surface area contributed by atoms with Crippen molar-refractivity contribution in [3.8, 4) is 10.7 Å². The Balaban J connectivity index is 2.14. The highest BCUT2D eigenvalue weighted by Crippen LogP contribution is 2.18. The number of thiophene rings is 1. The van der Waals surface area contributed by atoms with Crippen LogP contribution in [0.4, 0.5) is 0 Å². The Morgan fingerprint density at radius 1 is 1.73 bits per heavy atom. The molecule has 0 bridgehead atoms. The monoisotopic (exact) mass is 223 g/mol. The average Bonchev–Trinajstić information content (AvgIpc) is 2.85. The summed E-state index contributed by atoms with van der Waals surface area (Å²) in [5.41, 5.74) is 0. The van der Waals surface area contributed by atoms with Gasteiger partial charge in [0.15, 0.2) is 6.54 Å². The molecule has 0 amide bonds. The van der Waals surface area contributed by atoms with Crippen LogP contribution < -0.4 is 0 Å². The number of carbonyl (C=O) groups excluding carboxylic acids is 1. The van der Waals surface area contributed by atoms with E-state index in [1.165, 1.54) is 23.2 Å². The minimum absolute atomic E-state index is 0.0292. The number of ether oxygens (including phenoxy) is 1. The predicted molar refractivity (Wildman–Crippen MR) is 52.0 cm³/mol. The lowest BCUT2D eigenvalue weighted by Gasteiger charge is -1.95. The van der Waals surface area contributed by atoms with Crippen molar-refractivity contribution in [3.05, 3.63) is 17.5 Å². The van der Waals surface area contributed by atoms with E-state index >= 15 is 0 Å². The minimum atomic E-state index is -0.406. The molecule has 77 valence electrons. The van der Waals surface area contributed by atoms with Gasteiger partial charge in [-0.15, -0.1) is 21.5 Å². The van der Waals surface area contributed by atoms with Crippen LogP contribution in [0.1, 0.15) is 0 Å². The Hall–Kier alpha value is -1.76. The molecule has 0 atom stereocenters. The number of esters is 1. The molecule has 0 aliphatic heterocycles. The second-order valence-electron chi connectivity index (χ2n) is 2.64. The maximum atomic E-state index is 10.9. The number of aromatic nitrogens is 4. The molecule has 2 aromatic heterocycles. The molecule has 0 aliphatic carbocycles. The number of methoxy groups -OCH3 is 1. The summed E-state index contributed by atoms with van der Waals surface area (Å²) < 4.78 is 4.48. The van der Waals surface area contributed by atoms with Gasteiger partial charge >= 0.3 is 5.97 Å². The lowest BCUT2D eigenvalue weighted by atomic mass is 10.5. The van der Waals surface area contributed by atoms with E-state index in [1.807, 2.05) is 6.07 Å². The van der Waals surface area contributed by atoms with Crippen LogP contribution in [0.25, 0.3) is 10.7 Å². The summed E-state index contributed by atoms with van der Waals surface area (Å²) in [5.74, 6) is 0.0850. The normalized spacial score (nSPS) is 10.2. The molecule has 7 heteroatoms. The zero-order valence-electron chi connectivity index (χ0n) is 7.88. The van der Waals surface area contributed by atoms with Crippen LogP contribution in [-0.4, -0.2) is 33.3 Å². The van der Waals surface area contributed by atoms with E-state index in [2.05, 4.69) is 25.5 Å². The summed E-state index contributed by atoms with van der Waals surface area (Å²) in [6.07, 6.45) is 0. The first-order valence-electron chi connectivity index (χ1n) is 4.10. The summed E-state index contributed by atoms with van der Waals surface area (Å²) in [7, 11) is 1.31. The first-order chi connectivity index (χ1) is 7.29. The van der Waals surface area contributed by atoms with Crippen molar-refractivity contribution >= 4 is 17.3 Å². The molecule has 0 fully saturated rings. The second-order valence-corrected chi connectivity index (χ2v) is 3.52. The highest BCUT2D eigenvalue weighted by Gasteiger charge is 2.09. The smallest absolute Gasteiger partial charge is 0.329 e. The lowest BCUT2D eigenvalue weighted by molar-refractivity contribution is -0.141. The molecular weight excluding hydrogens is 216 g/mol. The summed E-state index contributed by atoms with van der Waals surface area (Å²) in [6, 6.07) is 3.62. The van der Waals surface area contributed by atoms with Crippen molar-refractivity contribution in [1.29, 1.82) is 0 Å². The number of nitrogens with zero attached hydrogens (tertiary/aromatic N) is 4. The quantitative estimate of drug-likeness (QED) is 0.703. The standard InChI is InChI=1S/C8H7N4O2S/c1-14-7(13)5-12-10-8(9-11-12)6-3-2-4-15-6/h2-3H,5H2,1H3. The number of hydrogen-bond donors (Lipinski definition) is 0. The maximum Gasteiger partial charge on any atom is 0.329 e. The van der Waals surface area contributed by atoms with E-state index in [9.17, 15) is 4.79 Å². The van der Waals surface area contributed by atoms with Crippen LogP contribution in [0, 0.1) is 5.38 Å². The summed E-state index contributed by atoms with van der Waals surface area (Å²) >= 11 is 1.39. The van der Waals surface area contributed by atoms with E-state index in [1.54, 1.807) is 6.07 Å². The Morgan fingerprint density at radius 3 is 3.27 bits per heavy atom. The molecule has 2 heterocycles. The summed E-state index contributed by atoms with van der Waals surface area (Å²) in [6.45, 7) is -0.0292. The average molecular weight is 223 g/mol. The van der Waals surface area contributed by atoms with E-state index in [0.717, 1.165) is 4.88 Å². The fraction of sp³-hybridized carbons (Fsp3) is 0.250.